The number of carbonyl (C=O) groups excluding carboxylic acids is 1. The van der Waals surface area contributed by atoms with Gasteiger partial charge in [-0.15, -0.1) is 0 Å². The largest absolute Gasteiger partial charge is 0.492 e. The first-order valence-electron chi connectivity index (χ1n) is 10.1. The molecule has 1 atom stereocenters. The highest BCUT2D eigenvalue weighted by Gasteiger charge is 2.18. The van der Waals surface area contributed by atoms with Gasteiger partial charge in [0.1, 0.15) is 18.1 Å². The molecule has 0 saturated heterocycles. The lowest BCUT2D eigenvalue weighted by molar-refractivity contribution is -0.127. The average Bonchev–Trinajstić information content (AvgIpc) is 2.71. The monoisotopic (exact) mass is 448 g/mol. The van der Waals surface area contributed by atoms with Crippen molar-refractivity contribution in [3.05, 3.63) is 54.1 Å². The molecule has 0 heterocycles. The van der Waals surface area contributed by atoms with Crippen molar-refractivity contribution in [3.63, 3.8) is 0 Å². The maximum Gasteiger partial charge on any atom is 0.260 e. The van der Waals surface area contributed by atoms with E-state index in [-0.39, 0.29) is 22.8 Å². The van der Waals surface area contributed by atoms with Gasteiger partial charge in [0, 0.05) is 14.1 Å². The average molecular weight is 449 g/mol. The van der Waals surface area contributed by atoms with Crippen molar-refractivity contribution in [2.75, 3.05) is 27.2 Å². The zero-order valence-electron chi connectivity index (χ0n) is 19.0. The first-order valence-corrected chi connectivity index (χ1v) is 11.6. The van der Waals surface area contributed by atoms with Gasteiger partial charge in [0.05, 0.1) is 11.4 Å². The molecule has 0 bridgehead atoms. The molecule has 7 nitrogen and oxygen atoms in total. The molecule has 0 spiro atoms. The zero-order chi connectivity index (χ0) is 23.2. The maximum atomic E-state index is 12.2. The van der Waals surface area contributed by atoms with Crippen LogP contribution in [0.1, 0.15) is 33.3 Å². The second-order valence-corrected chi connectivity index (χ2v) is 10.6. The Morgan fingerprint density at radius 1 is 1.00 bits per heavy atom. The van der Waals surface area contributed by atoms with E-state index in [4.69, 9.17) is 9.47 Å². The second-order valence-electron chi connectivity index (χ2n) is 8.43. The SMILES string of the molecule is C[C@H](Oc1ccc(C(C)(C)C)cc1)C(=O)NCCOc1ccc(S(=O)(=O)N(C)C)cc1. The van der Waals surface area contributed by atoms with Gasteiger partial charge in [-0.3, -0.25) is 4.79 Å². The van der Waals surface area contributed by atoms with Crippen molar-refractivity contribution in [1.29, 1.82) is 0 Å². The molecular formula is C23H32N2O5S. The Labute approximate surface area is 185 Å². The van der Waals surface area contributed by atoms with Crippen molar-refractivity contribution in [2.45, 2.75) is 44.1 Å². The summed E-state index contributed by atoms with van der Waals surface area (Å²) in [6.07, 6.45) is -0.643. The number of nitrogens with zero attached hydrogens (tertiary/aromatic N) is 1. The highest BCUT2D eigenvalue weighted by molar-refractivity contribution is 7.89. The number of ether oxygens (including phenoxy) is 2. The molecule has 0 unspecified atom stereocenters. The van der Waals surface area contributed by atoms with Gasteiger partial charge in [-0.05, 0) is 54.3 Å². The van der Waals surface area contributed by atoms with E-state index in [0.717, 1.165) is 4.31 Å². The predicted octanol–water partition coefficient (Wildman–Crippen LogP) is 3.20. The molecule has 0 saturated carbocycles. The molecule has 0 aliphatic rings. The Bertz CT molecular complexity index is 963. The summed E-state index contributed by atoms with van der Waals surface area (Å²) in [6, 6.07) is 13.9. The topological polar surface area (TPSA) is 84.9 Å². The molecule has 0 aromatic heterocycles. The maximum absolute atomic E-state index is 12.2. The van der Waals surface area contributed by atoms with Crippen LogP contribution in [0.3, 0.4) is 0 Å². The fourth-order valence-electron chi connectivity index (χ4n) is 2.70. The van der Waals surface area contributed by atoms with Crippen molar-refractivity contribution in [2.24, 2.45) is 0 Å². The Balaban J connectivity index is 1.77. The Hall–Kier alpha value is -2.58. The molecule has 0 aliphatic carbocycles. The van der Waals surface area contributed by atoms with E-state index in [2.05, 4.69) is 26.1 Å². The van der Waals surface area contributed by atoms with E-state index in [0.29, 0.717) is 18.0 Å². The second kappa shape index (κ2) is 10.2. The van der Waals surface area contributed by atoms with E-state index < -0.39 is 16.1 Å². The fraction of sp³-hybridized carbons (Fsp3) is 0.435. The molecule has 2 aromatic rings. The molecule has 1 amide bonds. The van der Waals surface area contributed by atoms with Crippen LogP contribution in [-0.4, -0.2) is 52.0 Å². The molecular weight excluding hydrogens is 416 g/mol. The summed E-state index contributed by atoms with van der Waals surface area (Å²) >= 11 is 0. The van der Waals surface area contributed by atoms with Gasteiger partial charge in [0.2, 0.25) is 10.0 Å². The van der Waals surface area contributed by atoms with Crippen LogP contribution in [-0.2, 0) is 20.2 Å². The zero-order valence-corrected chi connectivity index (χ0v) is 19.8. The van der Waals surface area contributed by atoms with Gasteiger partial charge in [-0.2, -0.15) is 0 Å². The molecule has 0 radical (unpaired) electrons. The lowest BCUT2D eigenvalue weighted by atomic mass is 9.87. The first-order chi connectivity index (χ1) is 14.4. The molecule has 170 valence electrons. The van der Waals surface area contributed by atoms with Crippen LogP contribution in [0.5, 0.6) is 11.5 Å². The van der Waals surface area contributed by atoms with Crippen molar-refractivity contribution < 1.29 is 22.7 Å². The molecule has 0 aliphatic heterocycles. The number of nitrogens with one attached hydrogen (secondary N) is 1. The van der Waals surface area contributed by atoms with Crippen LogP contribution in [0.4, 0.5) is 0 Å². The molecule has 0 fully saturated rings. The van der Waals surface area contributed by atoms with Crippen LogP contribution in [0, 0.1) is 0 Å². The number of rotatable bonds is 9. The predicted molar refractivity (Wildman–Crippen MR) is 121 cm³/mol. The van der Waals surface area contributed by atoms with Crippen LogP contribution in [0.25, 0.3) is 0 Å². The highest BCUT2D eigenvalue weighted by Crippen LogP contribution is 2.24. The summed E-state index contributed by atoms with van der Waals surface area (Å²) in [4.78, 5) is 12.4. The highest BCUT2D eigenvalue weighted by atomic mass is 32.2. The molecule has 31 heavy (non-hydrogen) atoms. The quantitative estimate of drug-likeness (QED) is 0.596. The van der Waals surface area contributed by atoms with E-state index in [1.165, 1.54) is 31.8 Å². The molecule has 8 heteroatoms. The number of sulfonamides is 1. The Morgan fingerprint density at radius 3 is 2.06 bits per heavy atom. The van der Waals surface area contributed by atoms with E-state index in [1.807, 2.05) is 24.3 Å². The van der Waals surface area contributed by atoms with Gasteiger partial charge in [0.15, 0.2) is 6.10 Å². The standard InChI is InChI=1S/C23H32N2O5S/c1-17(30-20-9-7-18(8-10-20)23(2,3)4)22(26)24-15-16-29-19-11-13-21(14-12-19)31(27,28)25(5)6/h7-14,17H,15-16H2,1-6H3,(H,24,26)/t17-/m0/s1. The number of hydrogen-bond donors (Lipinski definition) is 1. The fourth-order valence-corrected chi connectivity index (χ4v) is 3.60. The lowest BCUT2D eigenvalue weighted by Gasteiger charge is -2.20. The number of hydrogen-bond acceptors (Lipinski definition) is 5. The van der Waals surface area contributed by atoms with Gasteiger partial charge in [0.25, 0.3) is 5.91 Å². The third-order valence-corrected chi connectivity index (χ3v) is 6.50. The van der Waals surface area contributed by atoms with Crippen LogP contribution >= 0.6 is 0 Å². The van der Waals surface area contributed by atoms with Gasteiger partial charge in [-0.1, -0.05) is 32.9 Å². The summed E-state index contributed by atoms with van der Waals surface area (Å²) in [5, 5.41) is 2.77. The van der Waals surface area contributed by atoms with Crippen LogP contribution in [0.15, 0.2) is 53.4 Å². The van der Waals surface area contributed by atoms with Crippen molar-refractivity contribution in [3.8, 4) is 11.5 Å². The minimum absolute atomic E-state index is 0.0580. The Kier molecular flexibility index (Phi) is 8.08. The Morgan fingerprint density at radius 2 is 1.55 bits per heavy atom. The van der Waals surface area contributed by atoms with Crippen LogP contribution < -0.4 is 14.8 Å². The first kappa shape index (κ1) is 24.7. The minimum atomic E-state index is -3.47. The number of carbonyl (C=O) groups is 1. The van der Waals surface area contributed by atoms with E-state index in [1.54, 1.807) is 19.1 Å². The van der Waals surface area contributed by atoms with Gasteiger partial charge < -0.3 is 14.8 Å². The number of benzene rings is 2. The minimum Gasteiger partial charge on any atom is -0.492 e. The molecule has 2 rings (SSSR count). The smallest absolute Gasteiger partial charge is 0.260 e. The van der Waals surface area contributed by atoms with E-state index >= 15 is 0 Å². The normalized spacial score (nSPS) is 13.0. The summed E-state index contributed by atoms with van der Waals surface area (Å²) in [5.74, 6) is 0.922. The van der Waals surface area contributed by atoms with Gasteiger partial charge >= 0.3 is 0 Å². The summed E-state index contributed by atoms with van der Waals surface area (Å²) in [5.41, 5.74) is 1.25. The lowest BCUT2D eigenvalue weighted by Crippen LogP contribution is -2.38. The summed E-state index contributed by atoms with van der Waals surface area (Å²) < 4.78 is 36.5. The van der Waals surface area contributed by atoms with Gasteiger partial charge in [-0.25, -0.2) is 12.7 Å². The van der Waals surface area contributed by atoms with Crippen molar-refractivity contribution >= 4 is 15.9 Å². The third-order valence-electron chi connectivity index (χ3n) is 4.67. The molecule has 1 N–H and O–H groups in total. The van der Waals surface area contributed by atoms with Crippen molar-refractivity contribution in [1.82, 2.24) is 9.62 Å². The summed E-state index contributed by atoms with van der Waals surface area (Å²) in [6.45, 7) is 8.66. The summed E-state index contributed by atoms with van der Waals surface area (Å²) in [7, 11) is -0.508. The van der Waals surface area contributed by atoms with E-state index in [9.17, 15) is 13.2 Å². The van der Waals surface area contributed by atoms with Crippen LogP contribution in [0.2, 0.25) is 0 Å². The third kappa shape index (κ3) is 6.97. The molecule has 2 aromatic carbocycles. The number of amides is 1.